The van der Waals surface area contributed by atoms with Gasteiger partial charge < -0.3 is 10.1 Å². The van der Waals surface area contributed by atoms with Crippen molar-refractivity contribution in [1.29, 1.82) is 0 Å². The zero-order chi connectivity index (χ0) is 16.7. The molecular weight excluding hydrogens is 284 g/mol. The summed E-state index contributed by atoms with van der Waals surface area (Å²) in [4.78, 5) is 2.35. The average Bonchev–Trinajstić information content (AvgIpc) is 2.55. The molecule has 0 heterocycles. The third-order valence-electron chi connectivity index (χ3n) is 4.14. The molecular formula is C20H28N2O. The Bertz CT molecular complexity index is 610. The van der Waals surface area contributed by atoms with Gasteiger partial charge in [0.25, 0.3) is 0 Å². The first-order valence-electron chi connectivity index (χ1n) is 8.21. The number of rotatable bonds is 8. The quantitative estimate of drug-likeness (QED) is 0.802. The van der Waals surface area contributed by atoms with E-state index in [-0.39, 0.29) is 0 Å². The normalized spacial score (nSPS) is 11.2. The Morgan fingerprint density at radius 2 is 1.74 bits per heavy atom. The second-order valence-corrected chi connectivity index (χ2v) is 6.24. The first-order chi connectivity index (χ1) is 11.1. The maximum atomic E-state index is 5.39. The van der Waals surface area contributed by atoms with Crippen molar-refractivity contribution >= 4 is 0 Å². The molecule has 3 heteroatoms. The molecule has 0 aliphatic heterocycles. The van der Waals surface area contributed by atoms with Crippen LogP contribution >= 0.6 is 0 Å². The van der Waals surface area contributed by atoms with E-state index in [0.717, 1.165) is 25.4 Å². The monoisotopic (exact) mass is 312 g/mol. The van der Waals surface area contributed by atoms with Crippen LogP contribution in [-0.4, -0.2) is 25.1 Å². The standard InChI is InChI=1S/C20H28N2O/c1-16(2)22(3)15-18-9-7-8-17(12-18)13-21-14-19-10-5-6-11-20(19)23-4/h5-12,16,21H,13-15H2,1-4H3. The number of hydrogen-bond donors (Lipinski definition) is 1. The molecule has 0 saturated carbocycles. The van der Waals surface area contributed by atoms with Crippen molar-refractivity contribution in [1.82, 2.24) is 10.2 Å². The fourth-order valence-corrected chi connectivity index (χ4v) is 2.50. The minimum absolute atomic E-state index is 0.558. The van der Waals surface area contributed by atoms with Crippen LogP contribution in [0.25, 0.3) is 0 Å². The molecule has 2 aromatic rings. The van der Waals surface area contributed by atoms with Gasteiger partial charge in [-0.2, -0.15) is 0 Å². The fourth-order valence-electron chi connectivity index (χ4n) is 2.50. The van der Waals surface area contributed by atoms with Crippen LogP contribution in [0.15, 0.2) is 48.5 Å². The van der Waals surface area contributed by atoms with Gasteiger partial charge in [0.2, 0.25) is 0 Å². The van der Waals surface area contributed by atoms with Crippen LogP contribution in [0, 0.1) is 0 Å². The SMILES string of the molecule is COc1ccccc1CNCc1cccc(CN(C)C(C)C)c1. The van der Waals surface area contributed by atoms with Crippen molar-refractivity contribution in [2.75, 3.05) is 14.2 Å². The van der Waals surface area contributed by atoms with E-state index < -0.39 is 0 Å². The zero-order valence-corrected chi connectivity index (χ0v) is 14.7. The topological polar surface area (TPSA) is 24.5 Å². The van der Waals surface area contributed by atoms with Crippen molar-refractivity contribution < 1.29 is 4.74 Å². The molecule has 0 aliphatic carbocycles. The van der Waals surface area contributed by atoms with E-state index in [4.69, 9.17) is 4.74 Å². The Morgan fingerprint density at radius 1 is 1.00 bits per heavy atom. The number of benzene rings is 2. The van der Waals surface area contributed by atoms with E-state index in [1.807, 2.05) is 18.2 Å². The Hall–Kier alpha value is -1.84. The molecule has 124 valence electrons. The van der Waals surface area contributed by atoms with Crippen LogP contribution in [-0.2, 0) is 19.6 Å². The van der Waals surface area contributed by atoms with E-state index in [1.54, 1.807) is 7.11 Å². The molecule has 0 aromatic heterocycles. The molecule has 2 aromatic carbocycles. The number of ether oxygens (including phenoxy) is 1. The van der Waals surface area contributed by atoms with Gasteiger partial charge in [-0.05, 0) is 38.1 Å². The number of methoxy groups -OCH3 is 1. The molecule has 0 amide bonds. The Labute approximate surface area is 140 Å². The van der Waals surface area contributed by atoms with Crippen LogP contribution in [0.3, 0.4) is 0 Å². The first-order valence-corrected chi connectivity index (χ1v) is 8.21. The van der Waals surface area contributed by atoms with Crippen LogP contribution in [0.1, 0.15) is 30.5 Å². The number of para-hydroxylation sites is 1. The predicted octanol–water partition coefficient (Wildman–Crippen LogP) is 3.83. The summed E-state index contributed by atoms with van der Waals surface area (Å²) < 4.78 is 5.39. The summed E-state index contributed by atoms with van der Waals surface area (Å²) in [6.07, 6.45) is 0. The molecule has 1 N–H and O–H groups in total. The van der Waals surface area contributed by atoms with E-state index >= 15 is 0 Å². The minimum Gasteiger partial charge on any atom is -0.496 e. The smallest absolute Gasteiger partial charge is 0.123 e. The lowest BCUT2D eigenvalue weighted by atomic mass is 10.1. The molecule has 0 fully saturated rings. The van der Waals surface area contributed by atoms with Crippen LogP contribution in [0.4, 0.5) is 0 Å². The summed E-state index contributed by atoms with van der Waals surface area (Å²) in [6.45, 7) is 7.09. The molecule has 0 saturated heterocycles. The Morgan fingerprint density at radius 3 is 2.48 bits per heavy atom. The van der Waals surface area contributed by atoms with Gasteiger partial charge in [0.05, 0.1) is 7.11 Å². The van der Waals surface area contributed by atoms with Crippen molar-refractivity contribution in [3.8, 4) is 5.75 Å². The molecule has 0 radical (unpaired) electrons. The molecule has 0 spiro atoms. The summed E-state index contributed by atoms with van der Waals surface area (Å²) in [5.74, 6) is 0.937. The molecule has 0 atom stereocenters. The highest BCUT2D eigenvalue weighted by Gasteiger charge is 2.05. The summed E-state index contributed by atoms with van der Waals surface area (Å²) in [7, 11) is 3.88. The van der Waals surface area contributed by atoms with Gasteiger partial charge in [-0.1, -0.05) is 42.5 Å². The molecule has 0 aliphatic rings. The molecule has 0 unspecified atom stereocenters. The Kier molecular flexibility index (Phi) is 6.63. The van der Waals surface area contributed by atoms with Gasteiger partial charge in [0.1, 0.15) is 5.75 Å². The predicted molar refractivity (Wildman–Crippen MR) is 96.6 cm³/mol. The van der Waals surface area contributed by atoms with Crippen LogP contribution in [0.5, 0.6) is 5.75 Å². The van der Waals surface area contributed by atoms with Gasteiger partial charge in [-0.25, -0.2) is 0 Å². The van der Waals surface area contributed by atoms with E-state index in [2.05, 4.69) is 61.4 Å². The lowest BCUT2D eigenvalue weighted by molar-refractivity contribution is 0.266. The number of nitrogens with one attached hydrogen (secondary N) is 1. The number of nitrogens with zero attached hydrogens (tertiary/aromatic N) is 1. The highest BCUT2D eigenvalue weighted by Crippen LogP contribution is 2.17. The van der Waals surface area contributed by atoms with Gasteiger partial charge in [-0.3, -0.25) is 4.90 Å². The maximum Gasteiger partial charge on any atom is 0.123 e. The number of hydrogen-bond acceptors (Lipinski definition) is 3. The van der Waals surface area contributed by atoms with Gasteiger partial charge in [0, 0.05) is 31.2 Å². The van der Waals surface area contributed by atoms with E-state index in [1.165, 1.54) is 16.7 Å². The van der Waals surface area contributed by atoms with Crippen LogP contribution in [0.2, 0.25) is 0 Å². The highest BCUT2D eigenvalue weighted by molar-refractivity contribution is 5.33. The Balaban J connectivity index is 1.91. The lowest BCUT2D eigenvalue weighted by Crippen LogP contribution is -2.25. The molecule has 0 bridgehead atoms. The van der Waals surface area contributed by atoms with Crippen molar-refractivity contribution in [2.24, 2.45) is 0 Å². The largest absolute Gasteiger partial charge is 0.496 e. The van der Waals surface area contributed by atoms with Crippen molar-refractivity contribution in [2.45, 2.75) is 39.5 Å². The molecule has 3 nitrogen and oxygen atoms in total. The van der Waals surface area contributed by atoms with E-state index in [0.29, 0.717) is 6.04 Å². The lowest BCUT2D eigenvalue weighted by Gasteiger charge is -2.21. The van der Waals surface area contributed by atoms with Gasteiger partial charge in [-0.15, -0.1) is 0 Å². The van der Waals surface area contributed by atoms with Crippen molar-refractivity contribution in [3.05, 3.63) is 65.2 Å². The summed E-state index contributed by atoms with van der Waals surface area (Å²) >= 11 is 0. The van der Waals surface area contributed by atoms with Gasteiger partial charge >= 0.3 is 0 Å². The van der Waals surface area contributed by atoms with Crippen LogP contribution < -0.4 is 10.1 Å². The second-order valence-electron chi connectivity index (χ2n) is 6.24. The third-order valence-corrected chi connectivity index (χ3v) is 4.14. The summed E-state index contributed by atoms with van der Waals surface area (Å²) in [5.41, 5.74) is 3.86. The summed E-state index contributed by atoms with van der Waals surface area (Å²) in [6, 6.07) is 17.5. The van der Waals surface area contributed by atoms with Crippen molar-refractivity contribution in [3.63, 3.8) is 0 Å². The first kappa shape index (κ1) is 17.5. The second kappa shape index (κ2) is 8.70. The highest BCUT2D eigenvalue weighted by atomic mass is 16.5. The fraction of sp³-hybridized carbons (Fsp3) is 0.400. The van der Waals surface area contributed by atoms with E-state index in [9.17, 15) is 0 Å². The summed E-state index contributed by atoms with van der Waals surface area (Å²) in [5, 5.41) is 3.50. The minimum atomic E-state index is 0.558. The zero-order valence-electron chi connectivity index (χ0n) is 14.7. The third kappa shape index (κ3) is 5.38. The van der Waals surface area contributed by atoms with Gasteiger partial charge in [0.15, 0.2) is 0 Å². The molecule has 23 heavy (non-hydrogen) atoms. The average molecular weight is 312 g/mol. The molecule has 2 rings (SSSR count). The maximum absolute atomic E-state index is 5.39.